The molecule has 5 nitrogen and oxygen atoms in total. The summed E-state index contributed by atoms with van der Waals surface area (Å²) in [6.45, 7) is 2.10. The molecule has 1 aliphatic heterocycles. The molecule has 1 aliphatic carbocycles. The van der Waals surface area contributed by atoms with Crippen LogP contribution in [0.25, 0.3) is 0 Å². The Morgan fingerprint density at radius 1 is 1.27 bits per heavy atom. The highest BCUT2D eigenvalue weighted by Crippen LogP contribution is 2.40. The molecule has 2 atom stereocenters. The second-order valence-corrected chi connectivity index (χ2v) is 6.37. The van der Waals surface area contributed by atoms with Crippen molar-refractivity contribution in [3.8, 4) is 0 Å². The Morgan fingerprint density at radius 3 is 2.82 bits per heavy atom. The molecule has 6 heteroatoms. The number of carbonyl (C=O) groups is 1. The fourth-order valence-electron chi connectivity index (χ4n) is 3.30. The number of fused-ring (bicyclic) bond motifs is 1. The van der Waals surface area contributed by atoms with Crippen LogP contribution in [-0.4, -0.2) is 20.5 Å². The lowest BCUT2D eigenvalue weighted by Gasteiger charge is -2.34. The highest BCUT2D eigenvalue weighted by atomic mass is 35.5. The average Bonchev–Trinajstić information content (AvgIpc) is 2.93. The monoisotopic (exact) mass is 314 g/mol. The van der Waals surface area contributed by atoms with Gasteiger partial charge in [-0.1, -0.05) is 30.7 Å². The van der Waals surface area contributed by atoms with Crippen LogP contribution in [0, 0.1) is 5.92 Å². The van der Waals surface area contributed by atoms with E-state index in [-0.39, 0.29) is 11.8 Å². The quantitative estimate of drug-likeness (QED) is 0.878. The molecule has 0 radical (unpaired) electrons. The number of allylic oxidation sites excluding steroid dienone is 2. The van der Waals surface area contributed by atoms with Crippen LogP contribution in [0.3, 0.4) is 0 Å². The van der Waals surface area contributed by atoms with Gasteiger partial charge in [-0.25, -0.2) is 4.68 Å². The van der Waals surface area contributed by atoms with Gasteiger partial charge in [0, 0.05) is 22.7 Å². The van der Waals surface area contributed by atoms with E-state index in [1.54, 1.807) is 4.68 Å². The van der Waals surface area contributed by atoms with E-state index in [4.69, 9.17) is 11.6 Å². The predicted octanol–water partition coefficient (Wildman–Crippen LogP) is 3.20. The minimum absolute atomic E-state index is 0.183. The van der Waals surface area contributed by atoms with E-state index in [0.717, 1.165) is 23.3 Å². The van der Waals surface area contributed by atoms with Crippen molar-refractivity contribution in [3.63, 3.8) is 0 Å². The van der Waals surface area contributed by atoms with Gasteiger partial charge in [0.25, 0.3) is 0 Å². The van der Waals surface area contributed by atoms with Crippen molar-refractivity contribution in [1.82, 2.24) is 14.8 Å². The first-order chi connectivity index (χ1) is 10.6. The first kappa shape index (κ1) is 13.5. The summed E-state index contributed by atoms with van der Waals surface area (Å²) < 4.78 is 1.77. The molecule has 0 spiro atoms. The SMILES string of the molecule is C[C@@H]1CC(=O)C2=C(C1)Nc1ncnn1[C@H]2c1ccc(Cl)cc1. The Labute approximate surface area is 133 Å². The smallest absolute Gasteiger partial charge is 0.226 e. The highest BCUT2D eigenvalue weighted by Gasteiger charge is 2.37. The van der Waals surface area contributed by atoms with E-state index in [0.29, 0.717) is 23.3 Å². The molecule has 0 amide bonds. The van der Waals surface area contributed by atoms with Gasteiger partial charge < -0.3 is 5.32 Å². The Kier molecular flexibility index (Phi) is 3.04. The largest absolute Gasteiger partial charge is 0.328 e. The molecule has 4 rings (SSSR count). The predicted molar refractivity (Wildman–Crippen MR) is 83.7 cm³/mol. The highest BCUT2D eigenvalue weighted by molar-refractivity contribution is 6.30. The summed E-state index contributed by atoms with van der Waals surface area (Å²) in [6, 6.07) is 7.34. The van der Waals surface area contributed by atoms with Crippen LogP contribution in [-0.2, 0) is 4.79 Å². The Morgan fingerprint density at radius 2 is 2.05 bits per heavy atom. The van der Waals surface area contributed by atoms with Crippen molar-refractivity contribution in [1.29, 1.82) is 0 Å². The summed E-state index contributed by atoms with van der Waals surface area (Å²) in [5.41, 5.74) is 2.77. The summed E-state index contributed by atoms with van der Waals surface area (Å²) in [5, 5.41) is 8.25. The fourth-order valence-corrected chi connectivity index (χ4v) is 3.43. The maximum absolute atomic E-state index is 12.6. The van der Waals surface area contributed by atoms with E-state index >= 15 is 0 Å². The molecular formula is C16H15ClN4O. The summed E-state index contributed by atoms with van der Waals surface area (Å²) in [4.78, 5) is 16.9. The second kappa shape index (κ2) is 4.95. The number of rotatable bonds is 1. The Hall–Kier alpha value is -2.14. The van der Waals surface area contributed by atoms with Gasteiger partial charge in [-0.2, -0.15) is 10.1 Å². The van der Waals surface area contributed by atoms with Gasteiger partial charge in [-0.15, -0.1) is 0 Å². The molecule has 2 aromatic rings. The number of Topliss-reactive ketones (excluding diaryl/α,β-unsaturated/α-hetero) is 1. The molecule has 0 unspecified atom stereocenters. The average molecular weight is 315 g/mol. The van der Waals surface area contributed by atoms with Crippen molar-refractivity contribution in [2.45, 2.75) is 25.8 Å². The molecule has 1 N–H and O–H groups in total. The van der Waals surface area contributed by atoms with Crippen LogP contribution in [0.15, 0.2) is 41.9 Å². The third kappa shape index (κ3) is 2.04. The van der Waals surface area contributed by atoms with Gasteiger partial charge in [0.15, 0.2) is 5.78 Å². The van der Waals surface area contributed by atoms with E-state index in [2.05, 4.69) is 22.3 Å². The number of hydrogen-bond donors (Lipinski definition) is 1. The Balaban J connectivity index is 1.89. The summed E-state index contributed by atoms with van der Waals surface area (Å²) in [5.74, 6) is 1.21. The van der Waals surface area contributed by atoms with Crippen LogP contribution in [0.4, 0.5) is 5.95 Å². The molecule has 0 bridgehead atoms. The number of hydrogen-bond acceptors (Lipinski definition) is 4. The third-order valence-corrected chi connectivity index (χ3v) is 4.50. The number of nitrogens with zero attached hydrogens (tertiary/aromatic N) is 3. The van der Waals surface area contributed by atoms with E-state index in [1.807, 2.05) is 24.3 Å². The minimum Gasteiger partial charge on any atom is -0.328 e. The molecule has 2 heterocycles. The number of aromatic nitrogens is 3. The van der Waals surface area contributed by atoms with E-state index in [9.17, 15) is 4.79 Å². The molecule has 112 valence electrons. The number of carbonyl (C=O) groups excluding carboxylic acids is 1. The topological polar surface area (TPSA) is 59.8 Å². The lowest BCUT2D eigenvalue weighted by molar-refractivity contribution is -0.117. The lowest BCUT2D eigenvalue weighted by atomic mass is 9.81. The van der Waals surface area contributed by atoms with Gasteiger partial charge in [-0.3, -0.25) is 4.79 Å². The summed E-state index contributed by atoms with van der Waals surface area (Å²) in [6.07, 6.45) is 2.95. The fraction of sp³-hybridized carbons (Fsp3) is 0.312. The lowest BCUT2D eigenvalue weighted by Crippen LogP contribution is -2.33. The molecule has 0 saturated heterocycles. The molecule has 22 heavy (non-hydrogen) atoms. The molecule has 1 aromatic heterocycles. The van der Waals surface area contributed by atoms with E-state index in [1.165, 1.54) is 6.33 Å². The summed E-state index contributed by atoms with van der Waals surface area (Å²) >= 11 is 5.99. The van der Waals surface area contributed by atoms with Crippen molar-refractivity contribution in [2.24, 2.45) is 5.92 Å². The molecule has 0 saturated carbocycles. The maximum Gasteiger partial charge on any atom is 0.226 e. The zero-order valence-electron chi connectivity index (χ0n) is 12.1. The van der Waals surface area contributed by atoms with Gasteiger partial charge in [0.2, 0.25) is 5.95 Å². The van der Waals surface area contributed by atoms with Gasteiger partial charge in [-0.05, 0) is 30.0 Å². The second-order valence-electron chi connectivity index (χ2n) is 5.94. The zero-order chi connectivity index (χ0) is 15.3. The molecule has 1 aromatic carbocycles. The Bertz CT molecular complexity index is 778. The number of anilines is 1. The van der Waals surface area contributed by atoms with E-state index < -0.39 is 0 Å². The minimum atomic E-state index is -0.231. The van der Waals surface area contributed by atoms with Gasteiger partial charge >= 0.3 is 0 Å². The molecular weight excluding hydrogens is 300 g/mol. The van der Waals surface area contributed by atoms with Crippen LogP contribution >= 0.6 is 11.6 Å². The molecule has 0 fully saturated rings. The molecule has 2 aliphatic rings. The third-order valence-electron chi connectivity index (χ3n) is 4.25. The van der Waals surface area contributed by atoms with Crippen molar-refractivity contribution in [2.75, 3.05) is 5.32 Å². The first-order valence-electron chi connectivity index (χ1n) is 7.31. The standard InChI is InChI=1S/C16H15ClN4O/c1-9-6-12-14(13(22)7-9)15(10-2-4-11(17)5-3-10)21-16(20-12)18-8-19-21/h2-5,8-9,15H,6-7H2,1H3,(H,18,19,20)/t9-,15-/m0/s1. The van der Waals surface area contributed by atoms with Crippen molar-refractivity contribution < 1.29 is 4.79 Å². The van der Waals surface area contributed by atoms with Crippen molar-refractivity contribution >= 4 is 23.3 Å². The number of ketones is 1. The van der Waals surface area contributed by atoms with Crippen LogP contribution in [0.5, 0.6) is 0 Å². The number of halogens is 1. The zero-order valence-corrected chi connectivity index (χ0v) is 12.8. The van der Waals surface area contributed by atoms with Crippen LogP contribution in [0.2, 0.25) is 5.02 Å². The van der Waals surface area contributed by atoms with Gasteiger partial charge in [0.1, 0.15) is 12.4 Å². The van der Waals surface area contributed by atoms with Crippen molar-refractivity contribution in [3.05, 3.63) is 52.4 Å². The van der Waals surface area contributed by atoms with Gasteiger partial charge in [0.05, 0.1) is 0 Å². The summed E-state index contributed by atoms with van der Waals surface area (Å²) in [7, 11) is 0. The van der Waals surface area contributed by atoms with Crippen LogP contribution < -0.4 is 5.32 Å². The number of benzene rings is 1. The normalized spacial score (nSPS) is 23.8. The number of nitrogens with one attached hydrogen (secondary N) is 1. The first-order valence-corrected chi connectivity index (χ1v) is 7.69. The maximum atomic E-state index is 12.6. The van der Waals surface area contributed by atoms with Crippen LogP contribution in [0.1, 0.15) is 31.4 Å².